The van der Waals surface area contributed by atoms with Crippen LogP contribution in [0.15, 0.2) is 54.7 Å². The number of pyridine rings is 1. The van der Waals surface area contributed by atoms with Crippen molar-refractivity contribution >= 4 is 34.7 Å². The van der Waals surface area contributed by atoms with E-state index in [1.807, 2.05) is 35.3 Å². The number of anilines is 3. The molecule has 0 spiro atoms. The fourth-order valence-corrected chi connectivity index (χ4v) is 4.84. The molecule has 0 unspecified atom stereocenters. The van der Waals surface area contributed by atoms with E-state index in [0.29, 0.717) is 44.7 Å². The van der Waals surface area contributed by atoms with E-state index in [0.717, 1.165) is 10.7 Å². The molecule has 2 fully saturated rings. The summed E-state index contributed by atoms with van der Waals surface area (Å²) in [4.78, 5) is 46.8. The molecule has 9 nitrogen and oxygen atoms in total. The third kappa shape index (κ3) is 3.39. The predicted molar refractivity (Wildman–Crippen MR) is 120 cm³/mol. The lowest BCUT2D eigenvalue weighted by Gasteiger charge is -2.36. The molecule has 9 heteroatoms. The van der Waals surface area contributed by atoms with E-state index >= 15 is 0 Å². The summed E-state index contributed by atoms with van der Waals surface area (Å²) in [7, 11) is 0. The van der Waals surface area contributed by atoms with Crippen molar-refractivity contribution in [2.45, 2.75) is 12.8 Å². The van der Waals surface area contributed by atoms with Crippen LogP contribution in [-0.2, 0) is 9.59 Å². The number of nitrogens with zero attached hydrogens (tertiary/aromatic N) is 5. The highest BCUT2D eigenvalue weighted by Gasteiger charge is 2.48. The highest BCUT2D eigenvalue weighted by molar-refractivity contribution is 6.22. The molecule has 2 aliphatic heterocycles. The van der Waals surface area contributed by atoms with Gasteiger partial charge in [0.05, 0.1) is 22.4 Å². The molecule has 3 aliphatic rings. The molecule has 0 bridgehead atoms. The van der Waals surface area contributed by atoms with Crippen LogP contribution in [0, 0.1) is 22.0 Å². The number of benzene rings is 1. The van der Waals surface area contributed by atoms with E-state index in [9.17, 15) is 19.7 Å². The minimum Gasteiger partial charge on any atom is -0.362 e. The zero-order chi connectivity index (χ0) is 22.2. The standard InChI is InChI=1S/C23H23N5O4/c29-22-17-5-1-2-6-18(17)23(30)27(22)16-8-9-19(20(15-16)28(31)32)25-11-13-26(14-12-25)21-7-3-4-10-24-21/h1-4,7-10,15,17-18H,5-6,11-14H2/t17-,18-/m1/s1. The first-order chi connectivity index (χ1) is 15.5. The van der Waals surface area contributed by atoms with E-state index in [2.05, 4.69) is 9.88 Å². The number of fused-ring (bicyclic) bond motifs is 1. The lowest BCUT2D eigenvalue weighted by atomic mass is 9.85. The maximum Gasteiger partial charge on any atom is 0.294 e. The molecule has 1 aliphatic carbocycles. The molecule has 2 atom stereocenters. The molecule has 1 aromatic carbocycles. The van der Waals surface area contributed by atoms with Gasteiger partial charge in [0.1, 0.15) is 11.5 Å². The molecule has 3 heterocycles. The molecule has 32 heavy (non-hydrogen) atoms. The van der Waals surface area contributed by atoms with Crippen LogP contribution in [0.4, 0.5) is 22.9 Å². The van der Waals surface area contributed by atoms with Gasteiger partial charge in [-0.3, -0.25) is 19.7 Å². The number of allylic oxidation sites excluding steroid dienone is 2. The Labute approximate surface area is 185 Å². The maximum atomic E-state index is 12.9. The number of nitro benzene ring substituents is 1. The summed E-state index contributed by atoms with van der Waals surface area (Å²) in [5, 5.41) is 11.9. The van der Waals surface area contributed by atoms with Crippen LogP contribution < -0.4 is 14.7 Å². The Morgan fingerprint density at radius 1 is 0.906 bits per heavy atom. The van der Waals surface area contributed by atoms with Gasteiger partial charge in [-0.25, -0.2) is 9.88 Å². The van der Waals surface area contributed by atoms with E-state index in [1.54, 1.807) is 18.3 Å². The molecule has 164 valence electrons. The van der Waals surface area contributed by atoms with Gasteiger partial charge in [-0.15, -0.1) is 0 Å². The predicted octanol–water partition coefficient (Wildman–Crippen LogP) is 2.77. The van der Waals surface area contributed by atoms with Crippen LogP contribution in [0.5, 0.6) is 0 Å². The van der Waals surface area contributed by atoms with Gasteiger partial charge < -0.3 is 9.80 Å². The second-order valence-corrected chi connectivity index (χ2v) is 8.26. The molecule has 2 aromatic rings. The number of amides is 2. The number of aromatic nitrogens is 1. The van der Waals surface area contributed by atoms with Gasteiger partial charge in [0, 0.05) is 38.4 Å². The van der Waals surface area contributed by atoms with Crippen LogP contribution in [0.25, 0.3) is 0 Å². The Morgan fingerprint density at radius 2 is 1.56 bits per heavy atom. The van der Waals surface area contributed by atoms with Crippen LogP contribution >= 0.6 is 0 Å². The van der Waals surface area contributed by atoms with Crippen LogP contribution in [0.1, 0.15) is 12.8 Å². The lowest BCUT2D eigenvalue weighted by Crippen LogP contribution is -2.47. The van der Waals surface area contributed by atoms with Gasteiger partial charge in [0.2, 0.25) is 11.8 Å². The highest BCUT2D eigenvalue weighted by atomic mass is 16.6. The number of imide groups is 1. The molecule has 1 aromatic heterocycles. The SMILES string of the molecule is O=C1[C@@H]2CC=CC[C@H]2C(=O)N1c1ccc(N2CCN(c3ccccn3)CC2)c([N+](=O)[O-])c1. The van der Waals surface area contributed by atoms with Crippen molar-refractivity contribution in [3.8, 4) is 0 Å². The fraction of sp³-hybridized carbons (Fsp3) is 0.348. The lowest BCUT2D eigenvalue weighted by molar-refractivity contribution is -0.384. The summed E-state index contributed by atoms with van der Waals surface area (Å²) in [5.74, 6) is -0.387. The molecular formula is C23H23N5O4. The summed E-state index contributed by atoms with van der Waals surface area (Å²) >= 11 is 0. The summed E-state index contributed by atoms with van der Waals surface area (Å²) in [6, 6.07) is 10.4. The Morgan fingerprint density at radius 3 is 2.16 bits per heavy atom. The number of carbonyl (C=O) groups excluding carboxylic acids is 2. The summed E-state index contributed by atoms with van der Waals surface area (Å²) in [6.45, 7) is 2.59. The van der Waals surface area contributed by atoms with E-state index in [1.165, 1.54) is 6.07 Å². The normalized spacial score (nSPS) is 22.9. The maximum absolute atomic E-state index is 12.9. The third-order valence-electron chi connectivity index (χ3n) is 6.52. The number of piperazine rings is 1. The van der Waals surface area contributed by atoms with E-state index < -0.39 is 4.92 Å². The first-order valence-electron chi connectivity index (χ1n) is 10.8. The van der Waals surface area contributed by atoms with Gasteiger partial charge in [0.15, 0.2) is 0 Å². The quantitative estimate of drug-likeness (QED) is 0.316. The molecule has 0 radical (unpaired) electrons. The molecule has 0 saturated carbocycles. The molecule has 0 N–H and O–H groups in total. The zero-order valence-electron chi connectivity index (χ0n) is 17.5. The topological polar surface area (TPSA) is 99.9 Å². The molecule has 2 amide bonds. The molecule has 2 saturated heterocycles. The summed E-state index contributed by atoms with van der Waals surface area (Å²) in [5.41, 5.74) is 0.678. The first kappa shape index (κ1) is 20.2. The zero-order valence-corrected chi connectivity index (χ0v) is 17.5. The van der Waals surface area contributed by atoms with Gasteiger partial charge in [-0.1, -0.05) is 18.2 Å². The van der Waals surface area contributed by atoms with Gasteiger partial charge in [-0.2, -0.15) is 0 Å². The highest BCUT2D eigenvalue weighted by Crippen LogP contribution is 2.40. The van der Waals surface area contributed by atoms with Crippen LogP contribution in [0.3, 0.4) is 0 Å². The molecular weight excluding hydrogens is 410 g/mol. The number of carbonyl (C=O) groups is 2. The van der Waals surface area contributed by atoms with Crippen molar-refractivity contribution < 1.29 is 14.5 Å². The number of hydrogen-bond acceptors (Lipinski definition) is 7. The number of rotatable bonds is 4. The minimum absolute atomic E-state index is 0.0950. The fourth-order valence-electron chi connectivity index (χ4n) is 4.84. The smallest absolute Gasteiger partial charge is 0.294 e. The molecule has 5 rings (SSSR count). The van der Waals surface area contributed by atoms with Gasteiger partial charge in [0.25, 0.3) is 5.69 Å². The second kappa shape index (κ2) is 8.07. The Bertz CT molecular complexity index is 1070. The summed E-state index contributed by atoms with van der Waals surface area (Å²) < 4.78 is 0. The average Bonchev–Trinajstić information content (AvgIpc) is 3.09. The minimum atomic E-state index is -0.441. The Hall–Kier alpha value is -3.75. The second-order valence-electron chi connectivity index (χ2n) is 8.26. The third-order valence-corrected chi connectivity index (χ3v) is 6.52. The van der Waals surface area contributed by atoms with Crippen molar-refractivity contribution in [1.29, 1.82) is 0 Å². The van der Waals surface area contributed by atoms with Crippen LogP contribution in [0.2, 0.25) is 0 Å². The van der Waals surface area contributed by atoms with Gasteiger partial charge in [-0.05, 0) is 37.1 Å². The van der Waals surface area contributed by atoms with Crippen molar-refractivity contribution in [3.63, 3.8) is 0 Å². The van der Waals surface area contributed by atoms with E-state index in [-0.39, 0.29) is 35.0 Å². The largest absolute Gasteiger partial charge is 0.362 e. The Balaban J connectivity index is 1.38. The van der Waals surface area contributed by atoms with Crippen molar-refractivity contribution in [1.82, 2.24) is 4.98 Å². The van der Waals surface area contributed by atoms with Crippen molar-refractivity contribution in [3.05, 3.63) is 64.9 Å². The monoisotopic (exact) mass is 433 g/mol. The average molecular weight is 433 g/mol. The van der Waals surface area contributed by atoms with Gasteiger partial charge >= 0.3 is 0 Å². The van der Waals surface area contributed by atoms with Crippen molar-refractivity contribution in [2.24, 2.45) is 11.8 Å². The number of nitro groups is 1. The summed E-state index contributed by atoms with van der Waals surface area (Å²) in [6.07, 6.45) is 6.66. The number of hydrogen-bond donors (Lipinski definition) is 0. The Kier molecular flexibility index (Phi) is 5.08. The first-order valence-corrected chi connectivity index (χ1v) is 10.8. The van der Waals surface area contributed by atoms with Crippen LogP contribution in [-0.4, -0.2) is 47.9 Å². The van der Waals surface area contributed by atoms with E-state index in [4.69, 9.17) is 0 Å². The van der Waals surface area contributed by atoms with Crippen molar-refractivity contribution in [2.75, 3.05) is 40.9 Å².